The van der Waals surface area contributed by atoms with Gasteiger partial charge in [-0.1, -0.05) is 29.2 Å². The summed E-state index contributed by atoms with van der Waals surface area (Å²) in [6.45, 7) is 5.61. The number of carbonyl (C=O) groups excluding carboxylic acids is 1. The number of alkyl halides is 1. The second-order valence-electron chi connectivity index (χ2n) is 1.96. The summed E-state index contributed by atoms with van der Waals surface area (Å²) in [4.78, 5) is 10.7. The van der Waals surface area contributed by atoms with E-state index in [0.717, 1.165) is 10.8 Å². The van der Waals surface area contributed by atoms with Crippen LogP contribution in [0.15, 0.2) is 12.2 Å². The number of rotatable bonds is 4. The van der Waals surface area contributed by atoms with Gasteiger partial charge >= 0.3 is 5.97 Å². The number of halogens is 1. The molecule has 0 N–H and O–H groups in total. The number of hydrogen-bond donors (Lipinski definition) is 0. The Morgan fingerprint density at radius 2 is 2.30 bits per heavy atom. The van der Waals surface area contributed by atoms with Crippen LogP contribution in [0, 0.1) is 0 Å². The standard InChI is InChI=1S/C7H11IO2/c1-6(2)7(9)10-5-3-4-8/h1,3-5H2,2H3. The minimum Gasteiger partial charge on any atom is -0.462 e. The van der Waals surface area contributed by atoms with Gasteiger partial charge in [0.05, 0.1) is 6.61 Å². The molecule has 0 amide bonds. The minimum absolute atomic E-state index is 0.287. The van der Waals surface area contributed by atoms with Crippen molar-refractivity contribution in [2.45, 2.75) is 13.3 Å². The molecular weight excluding hydrogens is 243 g/mol. The van der Waals surface area contributed by atoms with E-state index in [4.69, 9.17) is 4.74 Å². The Bertz CT molecular complexity index is 132. The van der Waals surface area contributed by atoms with Crippen LogP contribution in [0.3, 0.4) is 0 Å². The summed E-state index contributed by atoms with van der Waals surface area (Å²) >= 11 is 2.24. The highest BCUT2D eigenvalue weighted by Crippen LogP contribution is 1.94. The zero-order valence-corrected chi connectivity index (χ0v) is 8.18. The predicted octanol–water partition coefficient (Wildman–Crippen LogP) is 1.93. The molecule has 58 valence electrons. The Morgan fingerprint density at radius 3 is 2.70 bits per heavy atom. The van der Waals surface area contributed by atoms with Crippen LogP contribution >= 0.6 is 22.6 Å². The highest BCUT2D eigenvalue weighted by molar-refractivity contribution is 14.1. The first-order valence-corrected chi connectivity index (χ1v) is 4.59. The van der Waals surface area contributed by atoms with Gasteiger partial charge in [0.1, 0.15) is 0 Å². The average molecular weight is 254 g/mol. The number of ether oxygens (including phenoxy) is 1. The first-order valence-electron chi connectivity index (χ1n) is 3.07. The van der Waals surface area contributed by atoms with Gasteiger partial charge in [-0.2, -0.15) is 0 Å². The highest BCUT2D eigenvalue weighted by atomic mass is 127. The molecule has 0 heterocycles. The minimum atomic E-state index is -0.287. The SMILES string of the molecule is C=C(C)C(=O)OCCCI. The van der Waals surface area contributed by atoms with Gasteiger partial charge in [0.15, 0.2) is 0 Å². The molecule has 0 fully saturated rings. The lowest BCUT2D eigenvalue weighted by Crippen LogP contribution is -2.06. The quantitative estimate of drug-likeness (QED) is 0.252. The smallest absolute Gasteiger partial charge is 0.333 e. The monoisotopic (exact) mass is 254 g/mol. The van der Waals surface area contributed by atoms with Crippen LogP contribution in [0.4, 0.5) is 0 Å². The Balaban J connectivity index is 3.31. The molecule has 2 nitrogen and oxygen atoms in total. The van der Waals surface area contributed by atoms with Crippen LogP contribution in [0.5, 0.6) is 0 Å². The van der Waals surface area contributed by atoms with Crippen molar-refractivity contribution in [3.8, 4) is 0 Å². The summed E-state index contributed by atoms with van der Waals surface area (Å²) in [5, 5.41) is 0. The molecule has 0 atom stereocenters. The second-order valence-corrected chi connectivity index (χ2v) is 3.04. The Morgan fingerprint density at radius 1 is 1.70 bits per heavy atom. The average Bonchev–Trinajstić information content (AvgIpc) is 1.88. The molecule has 0 spiro atoms. The molecule has 0 aromatic heterocycles. The van der Waals surface area contributed by atoms with E-state index >= 15 is 0 Å². The van der Waals surface area contributed by atoms with Gasteiger partial charge in [0.2, 0.25) is 0 Å². The zero-order chi connectivity index (χ0) is 7.98. The van der Waals surface area contributed by atoms with E-state index in [1.165, 1.54) is 0 Å². The topological polar surface area (TPSA) is 26.3 Å². The van der Waals surface area contributed by atoms with Crippen LogP contribution in [0.25, 0.3) is 0 Å². The molecule has 0 rings (SSSR count). The Labute approximate surface area is 74.8 Å². The molecule has 0 aromatic carbocycles. The molecule has 0 aliphatic heterocycles. The van der Waals surface area contributed by atoms with E-state index < -0.39 is 0 Å². The molecule has 0 radical (unpaired) electrons. The van der Waals surface area contributed by atoms with E-state index in [0.29, 0.717) is 12.2 Å². The summed E-state index contributed by atoms with van der Waals surface area (Å²) in [6, 6.07) is 0. The van der Waals surface area contributed by atoms with Crippen molar-refractivity contribution in [3.63, 3.8) is 0 Å². The highest BCUT2D eigenvalue weighted by Gasteiger charge is 2.00. The summed E-state index contributed by atoms with van der Waals surface area (Å²) in [5.41, 5.74) is 0.466. The summed E-state index contributed by atoms with van der Waals surface area (Å²) in [7, 11) is 0. The van der Waals surface area contributed by atoms with E-state index in [-0.39, 0.29) is 5.97 Å². The van der Waals surface area contributed by atoms with Gasteiger partial charge in [0.25, 0.3) is 0 Å². The zero-order valence-electron chi connectivity index (χ0n) is 6.02. The van der Waals surface area contributed by atoms with Crippen molar-refractivity contribution in [3.05, 3.63) is 12.2 Å². The molecule has 0 aromatic rings. The van der Waals surface area contributed by atoms with E-state index in [1.807, 2.05) is 0 Å². The molecule has 0 saturated carbocycles. The molecule has 0 aliphatic rings. The normalized spacial score (nSPS) is 9.00. The van der Waals surface area contributed by atoms with E-state index in [1.54, 1.807) is 6.92 Å². The fraction of sp³-hybridized carbons (Fsp3) is 0.571. The maximum atomic E-state index is 10.7. The summed E-state index contributed by atoms with van der Waals surface area (Å²) < 4.78 is 5.82. The first kappa shape index (κ1) is 9.94. The van der Waals surface area contributed by atoms with Gasteiger partial charge in [-0.3, -0.25) is 0 Å². The summed E-state index contributed by atoms with van der Waals surface area (Å²) in [6.07, 6.45) is 0.916. The first-order chi connectivity index (χ1) is 4.68. The van der Waals surface area contributed by atoms with Gasteiger partial charge in [-0.25, -0.2) is 4.79 Å². The second kappa shape index (κ2) is 5.70. The van der Waals surface area contributed by atoms with Crippen molar-refractivity contribution in [2.24, 2.45) is 0 Å². The van der Waals surface area contributed by atoms with Crippen molar-refractivity contribution in [1.82, 2.24) is 0 Å². The van der Waals surface area contributed by atoms with Crippen LogP contribution in [-0.2, 0) is 9.53 Å². The molecule has 3 heteroatoms. The fourth-order valence-electron chi connectivity index (χ4n) is 0.343. The lowest BCUT2D eigenvalue weighted by molar-refractivity contribution is -0.138. The maximum Gasteiger partial charge on any atom is 0.333 e. The molecule has 0 aliphatic carbocycles. The van der Waals surface area contributed by atoms with Crippen molar-refractivity contribution >= 4 is 28.6 Å². The van der Waals surface area contributed by atoms with Gasteiger partial charge < -0.3 is 4.74 Å². The third-order valence-corrected chi connectivity index (χ3v) is 1.62. The van der Waals surface area contributed by atoms with Crippen LogP contribution in [-0.4, -0.2) is 17.0 Å². The Kier molecular flexibility index (Phi) is 5.67. The third-order valence-electron chi connectivity index (χ3n) is 0.860. The van der Waals surface area contributed by atoms with Crippen LogP contribution < -0.4 is 0 Å². The predicted molar refractivity (Wildman–Crippen MR) is 49.3 cm³/mol. The van der Waals surface area contributed by atoms with Crippen molar-refractivity contribution in [1.29, 1.82) is 0 Å². The van der Waals surface area contributed by atoms with Crippen molar-refractivity contribution in [2.75, 3.05) is 11.0 Å². The molecule has 0 saturated heterocycles. The van der Waals surface area contributed by atoms with Crippen LogP contribution in [0.1, 0.15) is 13.3 Å². The van der Waals surface area contributed by atoms with Gasteiger partial charge in [-0.05, 0) is 13.3 Å². The number of esters is 1. The lowest BCUT2D eigenvalue weighted by atomic mass is 10.4. The summed E-state index contributed by atoms with van der Waals surface area (Å²) in [5.74, 6) is -0.287. The maximum absolute atomic E-state index is 10.7. The fourth-order valence-corrected chi connectivity index (χ4v) is 0.654. The third kappa shape index (κ3) is 4.78. The number of hydrogen-bond acceptors (Lipinski definition) is 2. The molecule has 10 heavy (non-hydrogen) atoms. The van der Waals surface area contributed by atoms with E-state index in [9.17, 15) is 4.79 Å². The molecule has 0 bridgehead atoms. The van der Waals surface area contributed by atoms with Gasteiger partial charge in [-0.15, -0.1) is 0 Å². The molecule has 0 unspecified atom stereocenters. The van der Waals surface area contributed by atoms with Gasteiger partial charge in [0, 0.05) is 10.0 Å². The molecular formula is C7H11IO2. The largest absolute Gasteiger partial charge is 0.462 e. The number of carbonyl (C=O) groups is 1. The van der Waals surface area contributed by atoms with E-state index in [2.05, 4.69) is 29.2 Å². The van der Waals surface area contributed by atoms with Crippen molar-refractivity contribution < 1.29 is 9.53 Å². The van der Waals surface area contributed by atoms with Crippen LogP contribution in [0.2, 0.25) is 0 Å². The Hall–Kier alpha value is -0.0600. The lowest BCUT2D eigenvalue weighted by Gasteiger charge is -2.00.